The highest BCUT2D eigenvalue weighted by Gasteiger charge is 2.38. The summed E-state index contributed by atoms with van der Waals surface area (Å²) in [7, 11) is 0. The molecule has 0 spiro atoms. The molecule has 1 N–H and O–H groups in total. The summed E-state index contributed by atoms with van der Waals surface area (Å²) in [4.78, 5) is 11.2. The van der Waals surface area contributed by atoms with E-state index in [4.69, 9.17) is 9.84 Å². The van der Waals surface area contributed by atoms with Crippen molar-refractivity contribution in [1.29, 1.82) is 0 Å². The maximum absolute atomic E-state index is 13.8. The lowest BCUT2D eigenvalue weighted by atomic mass is 9.96. The molecule has 0 saturated heterocycles. The van der Waals surface area contributed by atoms with E-state index in [0.29, 0.717) is 11.1 Å². The summed E-state index contributed by atoms with van der Waals surface area (Å²) < 4.78 is 87.5. The van der Waals surface area contributed by atoms with Gasteiger partial charge in [0, 0.05) is 0 Å². The van der Waals surface area contributed by atoms with Gasteiger partial charge in [-0.25, -0.2) is 0 Å². The van der Waals surface area contributed by atoms with Gasteiger partial charge in [0.15, 0.2) is 0 Å². The number of rotatable bonds is 7. The van der Waals surface area contributed by atoms with Gasteiger partial charge in [0.1, 0.15) is 23.7 Å². The van der Waals surface area contributed by atoms with Crippen LogP contribution in [0, 0.1) is 0 Å². The summed E-state index contributed by atoms with van der Waals surface area (Å²) in [6, 6.07) is 15.1. The monoisotopic (exact) mass is 470 g/mol. The van der Waals surface area contributed by atoms with Gasteiger partial charge in [-0.1, -0.05) is 42.5 Å². The third-order valence-corrected chi connectivity index (χ3v) is 4.47. The van der Waals surface area contributed by atoms with Gasteiger partial charge < -0.3 is 14.6 Å². The number of halogens is 6. The zero-order valence-corrected chi connectivity index (χ0v) is 16.7. The fourth-order valence-electron chi connectivity index (χ4n) is 3.16. The van der Waals surface area contributed by atoms with Crippen molar-refractivity contribution in [2.45, 2.75) is 25.6 Å². The zero-order valence-electron chi connectivity index (χ0n) is 16.7. The first-order valence-corrected chi connectivity index (χ1v) is 9.41. The lowest BCUT2D eigenvalue weighted by molar-refractivity contribution is -0.274. The molecule has 0 saturated carbocycles. The van der Waals surface area contributed by atoms with Gasteiger partial charge >= 0.3 is 18.5 Å². The Kier molecular flexibility index (Phi) is 6.85. The Balaban J connectivity index is 1.97. The smallest absolute Gasteiger partial charge is 0.488 e. The van der Waals surface area contributed by atoms with Gasteiger partial charge in [-0.2, -0.15) is 13.2 Å². The molecule has 0 fully saturated rings. The average Bonchev–Trinajstić information content (AvgIpc) is 2.71. The van der Waals surface area contributed by atoms with E-state index in [1.54, 1.807) is 30.3 Å². The highest BCUT2D eigenvalue weighted by Crippen LogP contribution is 2.42. The van der Waals surface area contributed by atoms with E-state index in [-0.39, 0.29) is 5.56 Å². The molecule has 3 rings (SSSR count). The van der Waals surface area contributed by atoms with E-state index in [9.17, 15) is 31.1 Å². The molecule has 0 radical (unpaired) electrons. The first-order valence-electron chi connectivity index (χ1n) is 9.41. The Morgan fingerprint density at radius 2 is 1.48 bits per heavy atom. The molecular weight excluding hydrogens is 454 g/mol. The molecule has 0 atom stereocenters. The minimum absolute atomic E-state index is 0.280. The van der Waals surface area contributed by atoms with Gasteiger partial charge in [0.2, 0.25) is 0 Å². The highest BCUT2D eigenvalue weighted by molar-refractivity contribution is 5.75. The van der Waals surface area contributed by atoms with Crippen LogP contribution < -0.4 is 9.47 Å². The molecule has 174 valence electrons. The summed E-state index contributed by atoms with van der Waals surface area (Å²) in [5.41, 5.74) is -0.537. The minimum atomic E-state index is -4.90. The summed E-state index contributed by atoms with van der Waals surface area (Å²) in [5, 5.41) is 9.12. The molecule has 0 bridgehead atoms. The Hall–Kier alpha value is -3.69. The summed E-state index contributed by atoms with van der Waals surface area (Å²) >= 11 is 0. The van der Waals surface area contributed by atoms with Crippen LogP contribution >= 0.6 is 0 Å². The van der Waals surface area contributed by atoms with Crippen molar-refractivity contribution >= 4 is 5.97 Å². The number of alkyl halides is 6. The molecule has 0 aliphatic heterocycles. The molecule has 4 nitrogen and oxygen atoms in total. The van der Waals surface area contributed by atoms with E-state index in [2.05, 4.69) is 4.74 Å². The molecule has 33 heavy (non-hydrogen) atoms. The molecule has 0 aliphatic rings. The van der Waals surface area contributed by atoms with Crippen molar-refractivity contribution in [3.8, 4) is 22.6 Å². The third kappa shape index (κ3) is 6.64. The minimum Gasteiger partial charge on any atom is -0.488 e. The predicted octanol–water partition coefficient (Wildman–Crippen LogP) is 6.48. The van der Waals surface area contributed by atoms with Crippen LogP contribution in [0.25, 0.3) is 11.1 Å². The number of carbonyl (C=O) groups is 1. The quantitative estimate of drug-likeness (QED) is 0.402. The summed E-state index contributed by atoms with van der Waals surface area (Å²) in [6.07, 6.45) is -10.7. The second-order valence-corrected chi connectivity index (χ2v) is 6.92. The standard InChI is InChI=1S/C23H16F6O4/c24-22(25,26)21-17(12-20(30)31)10-16(15-4-2-1-3-5-15)11-19(21)32-13-14-6-8-18(9-7-14)33-23(27,28)29/h1-11H,12-13H2,(H,30,31). The zero-order chi connectivity index (χ0) is 24.2. The number of carboxylic acids is 1. The largest absolute Gasteiger partial charge is 0.573 e. The van der Waals surface area contributed by atoms with Gasteiger partial charge in [-0.3, -0.25) is 4.79 Å². The number of benzene rings is 3. The number of aliphatic carboxylic acids is 1. The first kappa shape index (κ1) is 24.0. The van der Waals surface area contributed by atoms with Crippen LogP contribution in [0.3, 0.4) is 0 Å². The maximum Gasteiger partial charge on any atom is 0.573 e. The van der Waals surface area contributed by atoms with Crippen LogP contribution in [0.1, 0.15) is 16.7 Å². The summed E-state index contributed by atoms with van der Waals surface area (Å²) in [6.45, 7) is -0.403. The Morgan fingerprint density at radius 3 is 2.03 bits per heavy atom. The van der Waals surface area contributed by atoms with E-state index in [1.165, 1.54) is 12.1 Å². The molecule has 0 unspecified atom stereocenters. The Bertz CT molecular complexity index is 1110. The Morgan fingerprint density at radius 1 is 0.848 bits per heavy atom. The Labute approximate surface area is 184 Å². The van der Waals surface area contributed by atoms with Crippen molar-refractivity contribution in [1.82, 2.24) is 0 Å². The lowest BCUT2D eigenvalue weighted by Gasteiger charge is -2.19. The lowest BCUT2D eigenvalue weighted by Crippen LogP contribution is -2.17. The molecule has 10 heteroatoms. The van der Waals surface area contributed by atoms with Crippen LogP contribution in [-0.2, 0) is 24.0 Å². The van der Waals surface area contributed by atoms with Crippen molar-refractivity contribution in [2.24, 2.45) is 0 Å². The van der Waals surface area contributed by atoms with Gasteiger partial charge in [-0.05, 0) is 46.5 Å². The summed E-state index contributed by atoms with van der Waals surface area (Å²) in [5.74, 6) is -2.52. The molecule has 3 aromatic carbocycles. The van der Waals surface area contributed by atoms with Crippen LogP contribution in [0.5, 0.6) is 11.5 Å². The predicted molar refractivity (Wildman–Crippen MR) is 106 cm³/mol. The molecular formula is C23H16F6O4. The number of ether oxygens (including phenoxy) is 2. The number of hydrogen-bond donors (Lipinski definition) is 1. The fraction of sp³-hybridized carbons (Fsp3) is 0.174. The van der Waals surface area contributed by atoms with Crippen LogP contribution in [0.15, 0.2) is 66.7 Å². The average molecular weight is 470 g/mol. The molecule has 0 aromatic heterocycles. The normalized spacial score (nSPS) is 11.8. The highest BCUT2D eigenvalue weighted by atomic mass is 19.4. The SMILES string of the molecule is O=C(O)Cc1cc(-c2ccccc2)cc(OCc2ccc(OC(F)(F)F)cc2)c1C(F)(F)F. The second-order valence-electron chi connectivity index (χ2n) is 6.92. The van der Waals surface area contributed by atoms with E-state index in [0.717, 1.165) is 24.3 Å². The van der Waals surface area contributed by atoms with Gasteiger partial charge in [0.05, 0.1) is 6.42 Å². The van der Waals surface area contributed by atoms with Gasteiger partial charge in [-0.15, -0.1) is 13.2 Å². The third-order valence-electron chi connectivity index (χ3n) is 4.47. The van der Waals surface area contributed by atoms with Crippen molar-refractivity contribution in [3.05, 3.63) is 83.4 Å². The topological polar surface area (TPSA) is 55.8 Å². The van der Waals surface area contributed by atoms with Crippen molar-refractivity contribution < 1.29 is 45.7 Å². The van der Waals surface area contributed by atoms with E-state index in [1.807, 2.05) is 0 Å². The van der Waals surface area contributed by atoms with Crippen LogP contribution in [0.2, 0.25) is 0 Å². The van der Waals surface area contributed by atoms with E-state index < -0.39 is 54.2 Å². The number of hydrogen-bond acceptors (Lipinski definition) is 3. The molecule has 0 aliphatic carbocycles. The maximum atomic E-state index is 13.8. The molecule has 0 heterocycles. The van der Waals surface area contributed by atoms with Crippen LogP contribution in [-0.4, -0.2) is 17.4 Å². The van der Waals surface area contributed by atoms with E-state index >= 15 is 0 Å². The van der Waals surface area contributed by atoms with Crippen molar-refractivity contribution in [3.63, 3.8) is 0 Å². The molecule has 3 aromatic rings. The first-order chi connectivity index (χ1) is 15.4. The van der Waals surface area contributed by atoms with Crippen LogP contribution in [0.4, 0.5) is 26.3 Å². The fourth-order valence-corrected chi connectivity index (χ4v) is 3.16. The van der Waals surface area contributed by atoms with Gasteiger partial charge in [0.25, 0.3) is 0 Å². The second kappa shape index (κ2) is 9.43. The van der Waals surface area contributed by atoms with Crippen molar-refractivity contribution in [2.75, 3.05) is 0 Å². The number of carboxylic acid groups (broad SMARTS) is 1. The molecule has 0 amide bonds.